The summed E-state index contributed by atoms with van der Waals surface area (Å²) >= 11 is 0. The molecule has 4 heteroatoms. The van der Waals surface area contributed by atoms with E-state index in [9.17, 15) is 0 Å². The van der Waals surface area contributed by atoms with Crippen molar-refractivity contribution < 1.29 is 0 Å². The van der Waals surface area contributed by atoms with Gasteiger partial charge in [-0.3, -0.25) is 4.68 Å². The van der Waals surface area contributed by atoms with Crippen LogP contribution in [0.5, 0.6) is 0 Å². The molecule has 1 atom stereocenters. The molecule has 0 saturated heterocycles. The fourth-order valence-corrected chi connectivity index (χ4v) is 1.77. The fraction of sp³-hybridized carbons (Fsp3) is 0.692. The summed E-state index contributed by atoms with van der Waals surface area (Å²) in [4.78, 5) is 0. The highest BCUT2D eigenvalue weighted by Gasteiger charge is 2.11. The van der Waals surface area contributed by atoms with Gasteiger partial charge in [0.05, 0.1) is 18.3 Å². The van der Waals surface area contributed by atoms with E-state index in [-0.39, 0.29) is 6.04 Å². The molecule has 1 N–H and O–H groups in total. The summed E-state index contributed by atoms with van der Waals surface area (Å²) in [5, 5.41) is 16.8. The second-order valence-electron chi connectivity index (χ2n) is 4.15. The lowest BCUT2D eigenvalue weighted by molar-refractivity contribution is 0.477. The van der Waals surface area contributed by atoms with E-state index >= 15 is 0 Å². The van der Waals surface area contributed by atoms with Crippen molar-refractivity contribution in [3.8, 4) is 6.07 Å². The van der Waals surface area contributed by atoms with E-state index in [0.717, 1.165) is 31.5 Å². The fourth-order valence-electron chi connectivity index (χ4n) is 1.77. The molecular weight excluding hydrogens is 212 g/mol. The maximum absolute atomic E-state index is 9.09. The third kappa shape index (κ3) is 3.86. The van der Waals surface area contributed by atoms with Crippen molar-refractivity contribution in [1.29, 1.82) is 5.26 Å². The van der Waals surface area contributed by atoms with E-state index in [1.807, 2.05) is 4.68 Å². The number of aromatic nitrogens is 2. The Morgan fingerprint density at radius 2 is 2.18 bits per heavy atom. The first-order chi connectivity index (χ1) is 8.24. The molecule has 0 spiro atoms. The van der Waals surface area contributed by atoms with Gasteiger partial charge in [-0.05, 0) is 31.9 Å². The van der Waals surface area contributed by atoms with E-state index in [0.29, 0.717) is 6.54 Å². The summed E-state index contributed by atoms with van der Waals surface area (Å²) in [6.07, 6.45) is 2.94. The monoisotopic (exact) mass is 234 g/mol. The van der Waals surface area contributed by atoms with E-state index in [1.165, 1.54) is 5.69 Å². The lowest BCUT2D eigenvalue weighted by atomic mass is 10.2. The number of hydrogen-bond donors (Lipinski definition) is 1. The molecular formula is C13H22N4. The normalized spacial score (nSPS) is 12.4. The van der Waals surface area contributed by atoms with Crippen molar-refractivity contribution in [2.45, 2.75) is 52.6 Å². The molecule has 0 bridgehead atoms. The minimum Gasteiger partial charge on any atom is -0.300 e. The molecule has 94 valence electrons. The summed E-state index contributed by atoms with van der Waals surface area (Å²) in [5.74, 6) is 0. The number of nitriles is 1. The molecule has 0 fully saturated rings. The van der Waals surface area contributed by atoms with Gasteiger partial charge >= 0.3 is 0 Å². The first kappa shape index (κ1) is 13.7. The molecule has 0 amide bonds. The molecule has 0 saturated carbocycles. The van der Waals surface area contributed by atoms with Gasteiger partial charge in [0.2, 0.25) is 0 Å². The molecule has 17 heavy (non-hydrogen) atoms. The highest BCUT2D eigenvalue weighted by molar-refractivity contribution is 5.11. The van der Waals surface area contributed by atoms with Crippen LogP contribution in [0.4, 0.5) is 0 Å². The molecule has 1 aromatic rings. The Kier molecular flexibility index (Phi) is 5.71. The minimum atomic E-state index is -0.148. The van der Waals surface area contributed by atoms with Crippen LogP contribution in [0, 0.1) is 11.3 Å². The second kappa shape index (κ2) is 7.08. The van der Waals surface area contributed by atoms with Gasteiger partial charge in [0, 0.05) is 5.69 Å². The third-order valence-electron chi connectivity index (χ3n) is 2.79. The summed E-state index contributed by atoms with van der Waals surface area (Å²) in [6.45, 7) is 7.83. The standard InChI is InChI=1S/C13H22N4/c1-4-7-15-12(9-14)10-17-13(6-3)8-11(5-2)16-17/h8,12,15H,4-7,10H2,1-3H3. The Balaban J connectivity index is 2.71. The second-order valence-corrected chi connectivity index (χ2v) is 4.15. The van der Waals surface area contributed by atoms with E-state index in [1.54, 1.807) is 0 Å². The van der Waals surface area contributed by atoms with Crippen LogP contribution >= 0.6 is 0 Å². The summed E-state index contributed by atoms with van der Waals surface area (Å²) in [7, 11) is 0. The number of aryl methyl sites for hydroxylation is 2. The van der Waals surface area contributed by atoms with Gasteiger partial charge in [0.1, 0.15) is 6.04 Å². The molecule has 0 aliphatic carbocycles. The van der Waals surface area contributed by atoms with Gasteiger partial charge in [0.25, 0.3) is 0 Å². The Hall–Kier alpha value is -1.34. The van der Waals surface area contributed by atoms with Crippen molar-refractivity contribution in [2.75, 3.05) is 6.54 Å². The summed E-state index contributed by atoms with van der Waals surface area (Å²) in [6, 6.07) is 4.28. The molecule has 1 aromatic heterocycles. The first-order valence-corrected chi connectivity index (χ1v) is 6.43. The Bertz CT molecular complexity index is 375. The van der Waals surface area contributed by atoms with Crippen LogP contribution in [-0.2, 0) is 19.4 Å². The topological polar surface area (TPSA) is 53.6 Å². The molecule has 4 nitrogen and oxygen atoms in total. The van der Waals surface area contributed by atoms with Crippen molar-refractivity contribution >= 4 is 0 Å². The van der Waals surface area contributed by atoms with Crippen LogP contribution in [0.2, 0.25) is 0 Å². The van der Waals surface area contributed by atoms with Gasteiger partial charge in [-0.25, -0.2) is 0 Å². The van der Waals surface area contributed by atoms with Crippen molar-refractivity contribution in [3.63, 3.8) is 0 Å². The zero-order valence-electron chi connectivity index (χ0n) is 11.0. The van der Waals surface area contributed by atoms with Gasteiger partial charge in [0.15, 0.2) is 0 Å². The summed E-state index contributed by atoms with van der Waals surface area (Å²) < 4.78 is 1.97. The minimum absolute atomic E-state index is 0.148. The molecule has 1 rings (SSSR count). The lowest BCUT2D eigenvalue weighted by Gasteiger charge is -2.12. The number of nitrogens with zero attached hydrogens (tertiary/aromatic N) is 3. The molecule has 0 aliphatic heterocycles. The smallest absolute Gasteiger partial charge is 0.115 e. The van der Waals surface area contributed by atoms with Crippen LogP contribution in [0.15, 0.2) is 6.07 Å². The van der Waals surface area contributed by atoms with Crippen molar-refractivity contribution in [2.24, 2.45) is 0 Å². The highest BCUT2D eigenvalue weighted by Crippen LogP contribution is 2.07. The third-order valence-corrected chi connectivity index (χ3v) is 2.79. The van der Waals surface area contributed by atoms with E-state index in [4.69, 9.17) is 5.26 Å². The average Bonchev–Trinajstić information content (AvgIpc) is 2.76. The number of nitrogens with one attached hydrogen (secondary N) is 1. The Morgan fingerprint density at radius 3 is 2.71 bits per heavy atom. The zero-order valence-corrected chi connectivity index (χ0v) is 11.0. The zero-order chi connectivity index (χ0) is 12.7. The van der Waals surface area contributed by atoms with Crippen LogP contribution in [0.25, 0.3) is 0 Å². The first-order valence-electron chi connectivity index (χ1n) is 6.43. The van der Waals surface area contributed by atoms with Crippen LogP contribution in [0.1, 0.15) is 38.6 Å². The molecule has 1 heterocycles. The average molecular weight is 234 g/mol. The van der Waals surface area contributed by atoms with Crippen LogP contribution in [0.3, 0.4) is 0 Å². The largest absolute Gasteiger partial charge is 0.300 e. The number of rotatable bonds is 7. The van der Waals surface area contributed by atoms with Gasteiger partial charge in [-0.15, -0.1) is 0 Å². The Labute approximate surface area is 104 Å². The van der Waals surface area contributed by atoms with Gasteiger partial charge in [-0.1, -0.05) is 20.8 Å². The lowest BCUT2D eigenvalue weighted by Crippen LogP contribution is -2.33. The maximum Gasteiger partial charge on any atom is 0.115 e. The van der Waals surface area contributed by atoms with E-state index < -0.39 is 0 Å². The molecule has 0 radical (unpaired) electrons. The maximum atomic E-state index is 9.09. The predicted octanol–water partition coefficient (Wildman–Crippen LogP) is 1.90. The summed E-state index contributed by atoms with van der Waals surface area (Å²) in [5.41, 5.74) is 2.31. The quantitative estimate of drug-likeness (QED) is 0.784. The molecule has 0 aliphatic rings. The molecule has 0 aromatic carbocycles. The van der Waals surface area contributed by atoms with E-state index in [2.05, 4.69) is 43.3 Å². The van der Waals surface area contributed by atoms with Crippen molar-refractivity contribution in [3.05, 3.63) is 17.5 Å². The highest BCUT2D eigenvalue weighted by atomic mass is 15.3. The van der Waals surface area contributed by atoms with Gasteiger partial charge < -0.3 is 5.32 Å². The Morgan fingerprint density at radius 1 is 1.41 bits per heavy atom. The van der Waals surface area contributed by atoms with Crippen LogP contribution in [-0.4, -0.2) is 22.4 Å². The van der Waals surface area contributed by atoms with Gasteiger partial charge in [-0.2, -0.15) is 10.4 Å². The molecule has 1 unspecified atom stereocenters. The predicted molar refractivity (Wildman–Crippen MR) is 68.7 cm³/mol. The van der Waals surface area contributed by atoms with Crippen molar-refractivity contribution in [1.82, 2.24) is 15.1 Å². The SMILES string of the molecule is CCCNC(C#N)Cn1nc(CC)cc1CC. The number of hydrogen-bond acceptors (Lipinski definition) is 3. The van der Waals surface area contributed by atoms with Crippen LogP contribution < -0.4 is 5.32 Å².